The van der Waals surface area contributed by atoms with Gasteiger partial charge in [0, 0.05) is 12.6 Å². The van der Waals surface area contributed by atoms with Gasteiger partial charge in [0.05, 0.1) is 11.4 Å². The van der Waals surface area contributed by atoms with E-state index in [1.165, 1.54) is 5.01 Å². The fourth-order valence-corrected chi connectivity index (χ4v) is 1.60. The van der Waals surface area contributed by atoms with Gasteiger partial charge in [0.1, 0.15) is 0 Å². The van der Waals surface area contributed by atoms with Crippen LogP contribution in [0.4, 0.5) is 5.69 Å². The van der Waals surface area contributed by atoms with E-state index in [9.17, 15) is 4.79 Å². The van der Waals surface area contributed by atoms with Gasteiger partial charge in [0.25, 0.3) is 0 Å². The molecule has 0 saturated heterocycles. The normalized spacial score (nSPS) is 15.2. The van der Waals surface area contributed by atoms with Gasteiger partial charge in [-0.3, -0.25) is 9.80 Å². The van der Waals surface area contributed by atoms with Crippen LogP contribution in [0.15, 0.2) is 42.2 Å². The highest BCUT2D eigenvalue weighted by molar-refractivity contribution is 5.77. The third-order valence-corrected chi connectivity index (χ3v) is 2.46. The molecule has 0 aromatic heterocycles. The Morgan fingerprint density at radius 3 is 2.62 bits per heavy atom. The lowest BCUT2D eigenvalue weighted by molar-refractivity contribution is -0.130. The van der Waals surface area contributed by atoms with Gasteiger partial charge in [-0.2, -0.15) is 0 Å². The summed E-state index contributed by atoms with van der Waals surface area (Å²) in [5, 5.41) is 3.40. The van der Waals surface area contributed by atoms with Crippen LogP contribution in [-0.2, 0) is 4.79 Å². The van der Waals surface area contributed by atoms with Crippen molar-refractivity contribution < 1.29 is 4.79 Å². The number of anilines is 1. The Morgan fingerprint density at radius 1 is 1.31 bits per heavy atom. The summed E-state index contributed by atoms with van der Waals surface area (Å²) >= 11 is 0. The van der Waals surface area contributed by atoms with Gasteiger partial charge < -0.3 is 0 Å². The average molecular weight is 217 g/mol. The second-order valence-electron chi connectivity index (χ2n) is 3.66. The molecule has 1 amide bonds. The molecule has 1 heterocycles. The molecule has 1 aliphatic rings. The Kier molecular flexibility index (Phi) is 2.92. The highest BCUT2D eigenvalue weighted by atomic mass is 16.2. The monoisotopic (exact) mass is 217 g/mol. The van der Waals surface area contributed by atoms with Crippen molar-refractivity contribution in [3.63, 3.8) is 0 Å². The maximum absolute atomic E-state index is 11.5. The molecule has 0 fully saturated rings. The summed E-state index contributed by atoms with van der Waals surface area (Å²) in [6.45, 7) is 3.81. The maximum Gasteiger partial charge on any atom is 0.242 e. The van der Waals surface area contributed by atoms with E-state index in [0.29, 0.717) is 6.42 Å². The van der Waals surface area contributed by atoms with E-state index in [1.54, 1.807) is 6.20 Å². The minimum Gasteiger partial charge on any atom is -0.273 e. The summed E-state index contributed by atoms with van der Waals surface area (Å²) in [4.78, 5) is 11.5. The molecular formula is C12H15N3O. The highest BCUT2D eigenvalue weighted by Crippen LogP contribution is 2.20. The second kappa shape index (κ2) is 4.37. The van der Waals surface area contributed by atoms with Crippen molar-refractivity contribution in [3.05, 3.63) is 42.2 Å². The van der Waals surface area contributed by atoms with E-state index in [-0.39, 0.29) is 5.91 Å². The van der Waals surface area contributed by atoms with Crippen molar-refractivity contribution in [1.29, 1.82) is 0 Å². The lowest BCUT2D eigenvalue weighted by Gasteiger charge is -2.22. The Morgan fingerprint density at radius 2 is 2.00 bits per heavy atom. The first-order valence-electron chi connectivity index (χ1n) is 5.34. The number of para-hydroxylation sites is 1. The van der Waals surface area contributed by atoms with E-state index in [2.05, 4.69) is 5.53 Å². The third kappa shape index (κ3) is 1.92. The number of carbonyl (C=O) groups is 1. The SMILES string of the molecule is CCC(=O)N1C=C(C)N(c2ccccc2)N1. The fourth-order valence-electron chi connectivity index (χ4n) is 1.60. The zero-order valence-corrected chi connectivity index (χ0v) is 9.47. The first-order chi connectivity index (χ1) is 7.72. The quantitative estimate of drug-likeness (QED) is 0.823. The Hall–Kier alpha value is -1.81. The van der Waals surface area contributed by atoms with E-state index < -0.39 is 0 Å². The summed E-state index contributed by atoms with van der Waals surface area (Å²) in [5.74, 6) is 0.0535. The van der Waals surface area contributed by atoms with Crippen LogP contribution < -0.4 is 10.5 Å². The molecule has 1 aromatic carbocycles. The lowest BCUT2D eigenvalue weighted by Crippen LogP contribution is -2.43. The van der Waals surface area contributed by atoms with Crippen molar-refractivity contribution in [2.75, 3.05) is 5.01 Å². The summed E-state index contributed by atoms with van der Waals surface area (Å²) in [6.07, 6.45) is 2.29. The van der Waals surface area contributed by atoms with Crippen molar-refractivity contribution in [2.24, 2.45) is 0 Å². The minimum absolute atomic E-state index is 0.0535. The Balaban J connectivity index is 2.17. The number of nitrogens with one attached hydrogen (secondary N) is 1. The lowest BCUT2D eigenvalue weighted by atomic mass is 10.3. The van der Waals surface area contributed by atoms with E-state index >= 15 is 0 Å². The molecule has 0 spiro atoms. The Bertz CT molecular complexity index is 414. The molecule has 16 heavy (non-hydrogen) atoms. The third-order valence-electron chi connectivity index (χ3n) is 2.46. The zero-order chi connectivity index (χ0) is 11.5. The minimum atomic E-state index is 0.0535. The fraction of sp³-hybridized carbons (Fsp3) is 0.250. The molecule has 2 rings (SSSR count). The van der Waals surface area contributed by atoms with Gasteiger partial charge >= 0.3 is 0 Å². The first kappa shape index (κ1) is 10.7. The molecule has 0 bridgehead atoms. The summed E-state index contributed by atoms with van der Waals surface area (Å²) < 4.78 is 0. The number of hydrogen-bond donors (Lipinski definition) is 1. The smallest absolute Gasteiger partial charge is 0.242 e. The topological polar surface area (TPSA) is 35.6 Å². The summed E-state index contributed by atoms with van der Waals surface area (Å²) in [7, 11) is 0. The number of hydrazine groups is 2. The molecule has 0 unspecified atom stereocenters. The number of allylic oxidation sites excluding steroid dienone is 1. The predicted octanol–water partition coefficient (Wildman–Crippen LogP) is 2.03. The number of benzene rings is 1. The molecule has 4 heteroatoms. The summed E-state index contributed by atoms with van der Waals surface area (Å²) in [6, 6.07) is 9.88. The maximum atomic E-state index is 11.5. The van der Waals surface area contributed by atoms with Crippen LogP contribution in [-0.4, -0.2) is 10.9 Å². The van der Waals surface area contributed by atoms with Crippen LogP contribution >= 0.6 is 0 Å². The Labute approximate surface area is 95.1 Å². The predicted molar refractivity (Wildman–Crippen MR) is 63.0 cm³/mol. The van der Waals surface area contributed by atoms with Gasteiger partial charge in [0.2, 0.25) is 5.91 Å². The zero-order valence-electron chi connectivity index (χ0n) is 9.47. The van der Waals surface area contributed by atoms with Crippen LogP contribution in [0.25, 0.3) is 0 Å². The van der Waals surface area contributed by atoms with Crippen LogP contribution in [0.5, 0.6) is 0 Å². The van der Waals surface area contributed by atoms with Crippen LogP contribution in [0.2, 0.25) is 0 Å². The summed E-state index contributed by atoms with van der Waals surface area (Å²) in [5.41, 5.74) is 5.04. The molecule has 1 aliphatic heterocycles. The molecule has 1 aromatic rings. The van der Waals surface area contributed by atoms with Crippen molar-refractivity contribution in [3.8, 4) is 0 Å². The van der Waals surface area contributed by atoms with Gasteiger partial charge in [-0.25, -0.2) is 5.01 Å². The number of hydrogen-bond acceptors (Lipinski definition) is 3. The molecule has 0 atom stereocenters. The molecule has 84 valence electrons. The number of amides is 1. The molecule has 0 aliphatic carbocycles. The number of nitrogens with zero attached hydrogens (tertiary/aromatic N) is 2. The van der Waals surface area contributed by atoms with Crippen molar-refractivity contribution in [2.45, 2.75) is 20.3 Å². The van der Waals surface area contributed by atoms with Crippen molar-refractivity contribution >= 4 is 11.6 Å². The van der Waals surface area contributed by atoms with E-state index in [0.717, 1.165) is 11.4 Å². The standard InChI is InChI=1S/C12H15N3O/c1-3-12(16)14-9-10(2)15(13-14)11-7-5-4-6-8-11/h4-9,13H,3H2,1-2H3. The van der Waals surface area contributed by atoms with E-state index in [4.69, 9.17) is 0 Å². The van der Waals surface area contributed by atoms with Gasteiger partial charge in [-0.1, -0.05) is 25.1 Å². The van der Waals surface area contributed by atoms with Crippen LogP contribution in [0, 0.1) is 0 Å². The van der Waals surface area contributed by atoms with E-state index in [1.807, 2.05) is 49.2 Å². The molecule has 1 N–H and O–H groups in total. The van der Waals surface area contributed by atoms with Crippen molar-refractivity contribution in [1.82, 2.24) is 10.5 Å². The van der Waals surface area contributed by atoms with Gasteiger partial charge in [0.15, 0.2) is 0 Å². The van der Waals surface area contributed by atoms with Gasteiger partial charge in [-0.15, -0.1) is 5.53 Å². The average Bonchev–Trinajstić information content (AvgIpc) is 2.71. The largest absolute Gasteiger partial charge is 0.273 e. The molecular weight excluding hydrogens is 202 g/mol. The molecule has 0 saturated carbocycles. The molecule has 4 nitrogen and oxygen atoms in total. The number of rotatable bonds is 2. The van der Waals surface area contributed by atoms with Crippen LogP contribution in [0.3, 0.4) is 0 Å². The second-order valence-corrected chi connectivity index (χ2v) is 3.66. The number of carbonyl (C=O) groups excluding carboxylic acids is 1. The van der Waals surface area contributed by atoms with Gasteiger partial charge in [-0.05, 0) is 19.1 Å². The molecule has 0 radical (unpaired) electrons. The highest BCUT2D eigenvalue weighted by Gasteiger charge is 2.22. The van der Waals surface area contributed by atoms with Crippen LogP contribution in [0.1, 0.15) is 20.3 Å². The first-order valence-corrected chi connectivity index (χ1v) is 5.34.